The Bertz CT molecular complexity index is 1160. The van der Waals surface area contributed by atoms with Crippen molar-refractivity contribution in [3.8, 4) is 17.3 Å². The molecule has 5 nitrogen and oxygen atoms in total. The Morgan fingerprint density at radius 3 is 2.30 bits per heavy atom. The first-order valence-corrected chi connectivity index (χ1v) is 11.5. The molecule has 0 bridgehead atoms. The van der Waals surface area contributed by atoms with Crippen LogP contribution in [-0.2, 0) is 6.54 Å². The van der Waals surface area contributed by atoms with Crippen molar-refractivity contribution < 1.29 is 9.15 Å². The summed E-state index contributed by atoms with van der Waals surface area (Å²) in [6.07, 6.45) is 6.94. The molecule has 170 valence electrons. The molecule has 0 unspecified atom stereocenters. The van der Waals surface area contributed by atoms with Gasteiger partial charge in [0, 0.05) is 30.9 Å². The number of rotatable bonds is 10. The number of unbranched alkanes of at least 4 members (excludes halogenated alkanes) is 1. The smallest absolute Gasteiger partial charge is 0.227 e. The first-order valence-electron chi connectivity index (χ1n) is 11.5. The van der Waals surface area contributed by atoms with Crippen LogP contribution in [-0.4, -0.2) is 16.2 Å². The van der Waals surface area contributed by atoms with E-state index < -0.39 is 0 Å². The Kier molecular flexibility index (Phi) is 7.40. The summed E-state index contributed by atoms with van der Waals surface area (Å²) in [5.74, 6) is 1.68. The fourth-order valence-electron chi connectivity index (χ4n) is 4.27. The second kappa shape index (κ2) is 10.8. The van der Waals surface area contributed by atoms with E-state index >= 15 is 0 Å². The van der Waals surface area contributed by atoms with Gasteiger partial charge in [-0.3, -0.25) is 4.79 Å². The summed E-state index contributed by atoms with van der Waals surface area (Å²) >= 11 is 0. The van der Waals surface area contributed by atoms with Crippen LogP contribution in [0.3, 0.4) is 0 Å². The Labute approximate surface area is 194 Å². The molecule has 0 aliphatic rings. The molecule has 0 amide bonds. The van der Waals surface area contributed by atoms with E-state index in [9.17, 15) is 4.79 Å². The van der Waals surface area contributed by atoms with Crippen molar-refractivity contribution >= 4 is 0 Å². The van der Waals surface area contributed by atoms with Crippen LogP contribution in [0.15, 0.2) is 94.6 Å². The number of ether oxygens (including phenoxy) is 1. The van der Waals surface area contributed by atoms with Crippen LogP contribution < -0.4 is 10.2 Å². The maximum atomic E-state index is 12.5. The molecule has 33 heavy (non-hydrogen) atoms. The topological polar surface area (TPSA) is 57.3 Å². The van der Waals surface area contributed by atoms with Crippen LogP contribution in [0.2, 0.25) is 0 Å². The first-order chi connectivity index (χ1) is 16.2. The van der Waals surface area contributed by atoms with Gasteiger partial charge in [0.2, 0.25) is 16.9 Å². The van der Waals surface area contributed by atoms with E-state index in [2.05, 4.69) is 71.9 Å². The van der Waals surface area contributed by atoms with E-state index in [0.29, 0.717) is 24.7 Å². The molecule has 1 atom stereocenters. The molecule has 0 fully saturated rings. The zero-order valence-electron chi connectivity index (χ0n) is 19.2. The molecule has 4 aromatic rings. The van der Waals surface area contributed by atoms with E-state index in [1.54, 1.807) is 6.20 Å². The minimum atomic E-state index is -0.193. The zero-order chi connectivity index (χ0) is 23.0. The molecule has 2 aromatic heterocycles. The van der Waals surface area contributed by atoms with Crippen molar-refractivity contribution in [2.45, 2.75) is 39.2 Å². The van der Waals surface area contributed by atoms with Gasteiger partial charge in [-0.15, -0.1) is 0 Å². The molecule has 0 N–H and O–H groups in total. The molecular weight excluding hydrogens is 412 g/mol. The van der Waals surface area contributed by atoms with Gasteiger partial charge < -0.3 is 13.7 Å². The Hall–Kier alpha value is -3.60. The lowest BCUT2D eigenvalue weighted by Gasteiger charge is -2.26. The third-order valence-electron chi connectivity index (χ3n) is 5.87. The van der Waals surface area contributed by atoms with Crippen LogP contribution >= 0.6 is 0 Å². The lowest BCUT2D eigenvalue weighted by molar-refractivity contribution is 0.298. The summed E-state index contributed by atoms with van der Waals surface area (Å²) in [6, 6.07) is 22.5. The van der Waals surface area contributed by atoms with Crippen LogP contribution in [0.4, 0.5) is 0 Å². The average Bonchev–Trinajstić information content (AvgIpc) is 3.29. The first kappa shape index (κ1) is 22.6. The number of nitrogens with zero attached hydrogens (tertiary/aromatic N) is 2. The Balaban J connectivity index is 1.66. The monoisotopic (exact) mass is 442 g/mol. The van der Waals surface area contributed by atoms with Crippen molar-refractivity contribution in [1.82, 2.24) is 9.55 Å². The molecule has 4 rings (SSSR count). The normalized spacial score (nSPS) is 12.1. The Morgan fingerprint density at radius 2 is 1.67 bits per heavy atom. The highest BCUT2D eigenvalue weighted by Crippen LogP contribution is 2.34. The molecular formula is C28H30N2O3. The van der Waals surface area contributed by atoms with E-state index in [-0.39, 0.29) is 23.0 Å². The summed E-state index contributed by atoms with van der Waals surface area (Å²) in [5.41, 5.74) is 2.35. The fraction of sp³-hybridized carbons (Fsp3) is 0.286. The van der Waals surface area contributed by atoms with Crippen molar-refractivity contribution in [3.63, 3.8) is 0 Å². The minimum Gasteiger partial charge on any atom is -0.486 e. The van der Waals surface area contributed by atoms with Gasteiger partial charge >= 0.3 is 0 Å². The molecule has 0 aliphatic heterocycles. The number of hydrogen-bond donors (Lipinski definition) is 0. The lowest BCUT2D eigenvalue weighted by Crippen LogP contribution is -2.18. The van der Waals surface area contributed by atoms with Gasteiger partial charge in [0.25, 0.3) is 0 Å². The summed E-state index contributed by atoms with van der Waals surface area (Å²) in [4.78, 5) is 17.0. The largest absolute Gasteiger partial charge is 0.486 e. The fourth-order valence-corrected chi connectivity index (χ4v) is 4.27. The van der Waals surface area contributed by atoms with Crippen LogP contribution in [0.25, 0.3) is 11.6 Å². The number of aromatic nitrogens is 2. The second-order valence-electron chi connectivity index (χ2n) is 8.32. The van der Waals surface area contributed by atoms with E-state index in [1.807, 2.05) is 18.3 Å². The maximum Gasteiger partial charge on any atom is 0.227 e. The number of benzene rings is 2. The second-order valence-corrected chi connectivity index (χ2v) is 8.32. The minimum absolute atomic E-state index is 0.193. The van der Waals surface area contributed by atoms with Gasteiger partial charge in [0.05, 0.1) is 12.9 Å². The van der Waals surface area contributed by atoms with Gasteiger partial charge in [-0.1, -0.05) is 80.9 Å². The van der Waals surface area contributed by atoms with Crippen molar-refractivity contribution in [3.05, 3.63) is 107 Å². The van der Waals surface area contributed by atoms with Crippen molar-refractivity contribution in [2.24, 2.45) is 5.92 Å². The molecule has 0 aliphatic carbocycles. The predicted molar refractivity (Wildman–Crippen MR) is 130 cm³/mol. The van der Waals surface area contributed by atoms with Crippen LogP contribution in [0.1, 0.15) is 43.7 Å². The van der Waals surface area contributed by atoms with Gasteiger partial charge in [-0.25, -0.2) is 4.98 Å². The van der Waals surface area contributed by atoms with Gasteiger partial charge in [0.15, 0.2) is 5.82 Å². The van der Waals surface area contributed by atoms with Gasteiger partial charge in [-0.05, 0) is 23.5 Å². The molecule has 2 aromatic carbocycles. The van der Waals surface area contributed by atoms with Crippen LogP contribution in [0.5, 0.6) is 5.75 Å². The molecule has 0 saturated heterocycles. The van der Waals surface area contributed by atoms with E-state index in [1.165, 1.54) is 23.5 Å². The van der Waals surface area contributed by atoms with Crippen LogP contribution in [0, 0.1) is 5.92 Å². The summed E-state index contributed by atoms with van der Waals surface area (Å²) in [7, 11) is 0. The highest BCUT2D eigenvalue weighted by Gasteiger charge is 2.24. The van der Waals surface area contributed by atoms with Crippen molar-refractivity contribution in [1.29, 1.82) is 0 Å². The molecule has 0 radical (unpaired) electrons. The average molecular weight is 443 g/mol. The summed E-state index contributed by atoms with van der Waals surface area (Å²) in [6.45, 7) is 5.51. The molecule has 2 heterocycles. The predicted octanol–water partition coefficient (Wildman–Crippen LogP) is 6.15. The zero-order valence-corrected chi connectivity index (χ0v) is 19.2. The Morgan fingerprint density at radius 1 is 1.00 bits per heavy atom. The lowest BCUT2D eigenvalue weighted by atomic mass is 9.81. The van der Waals surface area contributed by atoms with Crippen molar-refractivity contribution in [2.75, 3.05) is 6.61 Å². The highest BCUT2D eigenvalue weighted by atomic mass is 16.5. The summed E-state index contributed by atoms with van der Waals surface area (Å²) < 4.78 is 13.6. The number of hydrogen-bond acceptors (Lipinski definition) is 4. The SMILES string of the molecule is CCCCOc1c(-c2nccn2C[C@@H](C)C(c2ccccc2)c2ccccc2)occc1=O. The van der Waals surface area contributed by atoms with E-state index in [0.717, 1.165) is 12.8 Å². The summed E-state index contributed by atoms with van der Waals surface area (Å²) in [5, 5.41) is 0. The van der Waals surface area contributed by atoms with E-state index in [4.69, 9.17) is 9.15 Å². The maximum absolute atomic E-state index is 12.5. The third-order valence-corrected chi connectivity index (χ3v) is 5.87. The van der Waals surface area contributed by atoms with Gasteiger partial charge in [-0.2, -0.15) is 0 Å². The molecule has 0 spiro atoms. The van der Waals surface area contributed by atoms with Gasteiger partial charge in [0.1, 0.15) is 0 Å². The molecule has 0 saturated carbocycles. The standard InChI is InChI=1S/C28H30N2O3/c1-3-4-18-32-26-24(31)15-19-33-27(26)28-29-16-17-30(28)20-21(2)25(22-11-7-5-8-12-22)23-13-9-6-10-14-23/h5-17,19,21,25H,3-4,18,20H2,1-2H3/t21-/m1/s1. The number of imidazole rings is 1. The quantitative estimate of drug-likeness (QED) is 0.276. The molecule has 5 heteroatoms. The third kappa shape index (κ3) is 5.25. The highest BCUT2D eigenvalue weighted by molar-refractivity contribution is 5.56.